The average molecular weight is 205 g/mol. The zero-order valence-electron chi connectivity index (χ0n) is 8.18. The van der Waals surface area contributed by atoms with Crippen molar-refractivity contribution < 1.29 is 4.48 Å². The van der Waals surface area contributed by atoms with Crippen LogP contribution in [0.4, 0.5) is 15.9 Å². The van der Waals surface area contributed by atoms with E-state index < -0.39 is 0 Å². The molecule has 0 aliphatic rings. The van der Waals surface area contributed by atoms with E-state index >= 15 is 0 Å². The summed E-state index contributed by atoms with van der Waals surface area (Å²) >= 11 is 0. The molecular formula is C11H12FN3. The molecule has 0 aliphatic heterocycles. The molecule has 3 nitrogen and oxygen atoms in total. The Morgan fingerprint density at radius 1 is 1.33 bits per heavy atom. The van der Waals surface area contributed by atoms with E-state index in [-0.39, 0.29) is 0 Å². The number of nitrogen functional groups attached to an aromatic ring is 1. The maximum absolute atomic E-state index is 11.9. The second kappa shape index (κ2) is 5.59. The number of hydrogen-bond donors (Lipinski definition) is 1. The number of nitrogens with zero attached hydrogens (tertiary/aromatic N) is 2. The van der Waals surface area contributed by atoms with Gasteiger partial charge in [0.2, 0.25) is 0 Å². The van der Waals surface area contributed by atoms with E-state index in [2.05, 4.69) is 11.8 Å². The van der Waals surface area contributed by atoms with Gasteiger partial charge >= 0.3 is 0 Å². The number of hydrogen-bond acceptors (Lipinski definition) is 2. The van der Waals surface area contributed by atoms with Crippen LogP contribution < -0.4 is 10.6 Å². The van der Waals surface area contributed by atoms with Crippen LogP contribution in [-0.2, 0) is 0 Å². The molecule has 1 aromatic rings. The van der Waals surface area contributed by atoms with Gasteiger partial charge < -0.3 is 10.6 Å². The lowest BCUT2D eigenvalue weighted by Gasteiger charge is -2.13. The van der Waals surface area contributed by atoms with Crippen molar-refractivity contribution in [2.75, 3.05) is 10.6 Å². The molecule has 15 heavy (non-hydrogen) atoms. The van der Waals surface area contributed by atoms with Crippen LogP contribution in [0, 0.1) is 0 Å². The fraction of sp³-hybridized carbons (Fsp3) is 0. The van der Waals surface area contributed by atoms with E-state index in [1.54, 1.807) is 42.6 Å². The lowest BCUT2D eigenvalue weighted by Crippen LogP contribution is -2.12. The molecule has 0 bridgehead atoms. The van der Waals surface area contributed by atoms with Crippen molar-refractivity contribution in [2.24, 2.45) is 5.21 Å². The molecule has 1 aromatic carbocycles. The molecular weight excluding hydrogens is 193 g/mol. The van der Waals surface area contributed by atoms with Crippen molar-refractivity contribution in [1.82, 2.24) is 0 Å². The Morgan fingerprint density at radius 3 is 2.53 bits per heavy atom. The highest BCUT2D eigenvalue weighted by atomic mass is 19.2. The van der Waals surface area contributed by atoms with Gasteiger partial charge in [-0.05, 0) is 30.3 Å². The molecule has 2 N–H and O–H groups in total. The van der Waals surface area contributed by atoms with Gasteiger partial charge in [-0.2, -0.15) is 0 Å². The third kappa shape index (κ3) is 3.27. The molecule has 0 fully saturated rings. The van der Waals surface area contributed by atoms with Crippen LogP contribution >= 0.6 is 0 Å². The van der Waals surface area contributed by atoms with E-state index in [1.165, 1.54) is 4.90 Å². The Morgan fingerprint density at radius 2 is 2.00 bits per heavy atom. The first-order valence-electron chi connectivity index (χ1n) is 4.35. The van der Waals surface area contributed by atoms with Crippen LogP contribution in [0.15, 0.2) is 54.4 Å². The maximum atomic E-state index is 11.9. The minimum atomic E-state index is 0.656. The topological polar surface area (TPSA) is 41.6 Å². The third-order valence-corrected chi connectivity index (χ3v) is 1.74. The number of nitrogens with two attached hydrogens (primary N) is 1. The van der Waals surface area contributed by atoms with Crippen LogP contribution in [0.1, 0.15) is 0 Å². The smallest absolute Gasteiger partial charge is 0.133 e. The van der Waals surface area contributed by atoms with Gasteiger partial charge in [-0.1, -0.05) is 22.4 Å². The molecule has 0 unspecified atom stereocenters. The normalized spacial score (nSPS) is 11.0. The Labute approximate surface area is 88.0 Å². The molecule has 0 heterocycles. The number of allylic oxidation sites excluding steroid dienone is 2. The average Bonchev–Trinajstić information content (AvgIpc) is 2.25. The Kier molecular flexibility index (Phi) is 4.09. The first-order chi connectivity index (χ1) is 7.27. The standard InChI is InChI=1S/C11H12FN3/c1-2-3-8-15(9-14-12)11-6-4-10(13)5-7-11/h2-9H,1,13H2/b8-3+,14-9-. The van der Waals surface area contributed by atoms with Crippen LogP contribution in [0.5, 0.6) is 0 Å². The quantitative estimate of drug-likeness (QED) is 0.355. The van der Waals surface area contributed by atoms with E-state index in [1.807, 2.05) is 0 Å². The molecule has 0 spiro atoms. The first kappa shape index (κ1) is 11.0. The fourth-order valence-electron chi connectivity index (χ4n) is 1.04. The van der Waals surface area contributed by atoms with Gasteiger partial charge in [0, 0.05) is 17.6 Å². The zero-order valence-corrected chi connectivity index (χ0v) is 8.18. The van der Waals surface area contributed by atoms with Crippen LogP contribution in [0.3, 0.4) is 0 Å². The van der Waals surface area contributed by atoms with E-state index in [9.17, 15) is 4.48 Å². The summed E-state index contributed by atoms with van der Waals surface area (Å²) in [7, 11) is 0. The Balaban J connectivity index is 2.93. The van der Waals surface area contributed by atoms with Gasteiger partial charge in [0.15, 0.2) is 0 Å². The third-order valence-electron chi connectivity index (χ3n) is 1.74. The number of halogens is 1. The Bertz CT molecular complexity index is 368. The molecule has 0 atom stereocenters. The molecule has 78 valence electrons. The van der Waals surface area contributed by atoms with Gasteiger partial charge in [-0.15, -0.1) is 0 Å². The summed E-state index contributed by atoms with van der Waals surface area (Å²) in [6, 6.07) is 7.00. The molecule has 1 rings (SSSR count). The molecule has 0 aliphatic carbocycles. The monoisotopic (exact) mass is 205 g/mol. The molecule has 0 radical (unpaired) electrons. The summed E-state index contributed by atoms with van der Waals surface area (Å²) in [4.78, 5) is 1.52. The lowest BCUT2D eigenvalue weighted by molar-refractivity contribution is 0.539. The molecule has 0 saturated carbocycles. The highest BCUT2D eigenvalue weighted by Crippen LogP contribution is 2.15. The van der Waals surface area contributed by atoms with Gasteiger partial charge in [0.1, 0.15) is 6.34 Å². The zero-order chi connectivity index (χ0) is 11.1. The molecule has 0 saturated heterocycles. The summed E-state index contributed by atoms with van der Waals surface area (Å²) in [5.74, 6) is 0. The van der Waals surface area contributed by atoms with Crippen molar-refractivity contribution >= 4 is 17.7 Å². The number of anilines is 2. The van der Waals surface area contributed by atoms with Crippen molar-refractivity contribution in [3.05, 3.63) is 49.2 Å². The van der Waals surface area contributed by atoms with Gasteiger partial charge in [-0.3, -0.25) is 0 Å². The molecule has 0 amide bonds. The number of rotatable bonds is 4. The predicted octanol–water partition coefficient (Wildman–Crippen LogP) is 2.69. The van der Waals surface area contributed by atoms with Crippen LogP contribution in [0.25, 0.3) is 0 Å². The number of benzene rings is 1. The maximum Gasteiger partial charge on any atom is 0.133 e. The molecule has 0 aromatic heterocycles. The molecule has 4 heteroatoms. The highest BCUT2D eigenvalue weighted by molar-refractivity contribution is 5.81. The van der Waals surface area contributed by atoms with Crippen molar-refractivity contribution in [2.45, 2.75) is 0 Å². The Hall–Kier alpha value is -2.10. The lowest BCUT2D eigenvalue weighted by atomic mass is 10.3. The minimum Gasteiger partial charge on any atom is -0.399 e. The van der Waals surface area contributed by atoms with Crippen LogP contribution in [0.2, 0.25) is 0 Å². The van der Waals surface area contributed by atoms with E-state index in [0.717, 1.165) is 12.0 Å². The largest absolute Gasteiger partial charge is 0.399 e. The van der Waals surface area contributed by atoms with Crippen molar-refractivity contribution in [3.8, 4) is 0 Å². The van der Waals surface area contributed by atoms with Gasteiger partial charge in [0.05, 0.1) is 0 Å². The second-order valence-corrected chi connectivity index (χ2v) is 2.79. The van der Waals surface area contributed by atoms with Crippen molar-refractivity contribution in [3.63, 3.8) is 0 Å². The highest BCUT2D eigenvalue weighted by Gasteiger charge is 1.98. The summed E-state index contributed by atoms with van der Waals surface area (Å²) in [6.45, 7) is 3.53. The van der Waals surface area contributed by atoms with E-state index in [0.29, 0.717) is 5.69 Å². The van der Waals surface area contributed by atoms with Gasteiger partial charge in [0.25, 0.3) is 0 Å². The summed E-state index contributed by atoms with van der Waals surface area (Å²) in [5, 5.41) is 2.47. The first-order valence-corrected chi connectivity index (χ1v) is 4.35. The summed E-state index contributed by atoms with van der Waals surface area (Å²) < 4.78 is 11.9. The summed E-state index contributed by atoms with van der Waals surface area (Å²) in [5.41, 5.74) is 6.96. The summed E-state index contributed by atoms with van der Waals surface area (Å²) in [6.07, 6.45) is 5.97. The van der Waals surface area contributed by atoms with Gasteiger partial charge in [-0.25, -0.2) is 0 Å². The minimum absolute atomic E-state index is 0.656. The predicted molar refractivity (Wildman–Crippen MR) is 62.3 cm³/mol. The van der Waals surface area contributed by atoms with Crippen molar-refractivity contribution in [1.29, 1.82) is 0 Å². The second-order valence-electron chi connectivity index (χ2n) is 2.79. The fourth-order valence-corrected chi connectivity index (χ4v) is 1.04. The SMILES string of the molecule is C=C/C=C/N(/C=N\F)c1ccc(N)cc1. The van der Waals surface area contributed by atoms with Crippen LogP contribution in [-0.4, -0.2) is 6.34 Å². The van der Waals surface area contributed by atoms with E-state index in [4.69, 9.17) is 5.73 Å².